The third kappa shape index (κ3) is 3.36. The zero-order chi connectivity index (χ0) is 14.7. The number of hydrogen-bond donors (Lipinski definition) is 2. The Balaban J connectivity index is 1.86. The van der Waals surface area contributed by atoms with Crippen molar-refractivity contribution in [2.45, 2.75) is 25.3 Å². The lowest BCUT2D eigenvalue weighted by molar-refractivity contribution is -0.130. The quantitative estimate of drug-likeness (QED) is 0.781. The van der Waals surface area contributed by atoms with Gasteiger partial charge in [-0.1, -0.05) is 0 Å². The van der Waals surface area contributed by atoms with Crippen molar-refractivity contribution in [3.8, 4) is 5.75 Å². The van der Waals surface area contributed by atoms with Gasteiger partial charge in [-0.05, 0) is 20.5 Å². The van der Waals surface area contributed by atoms with Crippen LogP contribution in [0.5, 0.6) is 5.75 Å². The summed E-state index contributed by atoms with van der Waals surface area (Å²) >= 11 is 0. The number of rotatable bonds is 4. The summed E-state index contributed by atoms with van der Waals surface area (Å²) in [5, 5.41) is 15.3. The number of aromatic nitrogens is 2. The van der Waals surface area contributed by atoms with Crippen LogP contribution in [0.1, 0.15) is 18.5 Å². The molecule has 2 rings (SSSR count). The fraction of sp³-hybridized carbons (Fsp3) is 0.615. The van der Waals surface area contributed by atoms with Crippen LogP contribution in [-0.4, -0.2) is 64.2 Å². The van der Waals surface area contributed by atoms with E-state index in [1.165, 1.54) is 6.07 Å². The van der Waals surface area contributed by atoms with Crippen molar-refractivity contribution in [1.82, 2.24) is 20.0 Å². The fourth-order valence-corrected chi connectivity index (χ4v) is 2.35. The zero-order valence-corrected chi connectivity index (χ0v) is 11.8. The Kier molecular flexibility index (Phi) is 4.39. The van der Waals surface area contributed by atoms with Crippen molar-refractivity contribution in [1.29, 1.82) is 0 Å². The number of aromatic amines is 1. The number of amides is 1. The summed E-state index contributed by atoms with van der Waals surface area (Å²) < 4.78 is 0. The van der Waals surface area contributed by atoms with Crippen LogP contribution in [0, 0.1) is 0 Å². The van der Waals surface area contributed by atoms with E-state index in [1.54, 1.807) is 0 Å². The number of likely N-dealkylation sites (N-methyl/N-ethyl adjacent to an activating group) is 1. The summed E-state index contributed by atoms with van der Waals surface area (Å²) in [6.07, 6.45) is 1.74. The number of carbonyl (C=O) groups is 1. The highest BCUT2D eigenvalue weighted by molar-refractivity contribution is 5.76. The number of H-pyrrole nitrogens is 1. The Hall–Kier alpha value is -1.89. The Morgan fingerprint density at radius 3 is 2.95 bits per heavy atom. The first kappa shape index (κ1) is 14.5. The monoisotopic (exact) mass is 280 g/mol. The molecule has 110 valence electrons. The largest absolute Gasteiger partial charge is 0.503 e. The number of aromatic hydroxyl groups is 1. The van der Waals surface area contributed by atoms with Crippen LogP contribution in [0.3, 0.4) is 0 Å². The van der Waals surface area contributed by atoms with Gasteiger partial charge in [0.05, 0.1) is 5.69 Å². The minimum absolute atomic E-state index is 0.0850. The van der Waals surface area contributed by atoms with E-state index in [2.05, 4.69) is 15.1 Å². The molecule has 0 radical (unpaired) electrons. The van der Waals surface area contributed by atoms with E-state index in [1.807, 2.05) is 19.0 Å². The second kappa shape index (κ2) is 6.04. The highest BCUT2D eigenvalue weighted by atomic mass is 16.3. The molecule has 0 aliphatic carbocycles. The average Bonchev–Trinajstić information content (AvgIpc) is 2.89. The highest BCUT2D eigenvalue weighted by Crippen LogP contribution is 2.15. The van der Waals surface area contributed by atoms with E-state index < -0.39 is 5.56 Å². The first-order valence-electron chi connectivity index (χ1n) is 6.69. The molecule has 1 atom stereocenters. The van der Waals surface area contributed by atoms with Crippen LogP contribution in [0.15, 0.2) is 10.9 Å². The Bertz CT molecular complexity index is 541. The minimum atomic E-state index is -0.617. The molecule has 1 fully saturated rings. The summed E-state index contributed by atoms with van der Waals surface area (Å²) in [4.78, 5) is 27.0. The Labute approximate surface area is 117 Å². The van der Waals surface area contributed by atoms with Crippen LogP contribution in [0.2, 0.25) is 0 Å². The summed E-state index contributed by atoms with van der Waals surface area (Å²) in [6, 6.07) is 1.73. The van der Waals surface area contributed by atoms with Gasteiger partial charge in [-0.3, -0.25) is 9.59 Å². The third-order valence-corrected chi connectivity index (χ3v) is 3.68. The van der Waals surface area contributed by atoms with Crippen molar-refractivity contribution in [2.75, 3.05) is 27.2 Å². The van der Waals surface area contributed by atoms with E-state index in [0.29, 0.717) is 24.6 Å². The number of nitrogens with zero attached hydrogens (tertiary/aromatic N) is 3. The molecule has 1 aromatic rings. The van der Waals surface area contributed by atoms with Crippen LogP contribution in [0.4, 0.5) is 0 Å². The summed E-state index contributed by atoms with van der Waals surface area (Å²) in [7, 11) is 4.04. The number of nitrogens with one attached hydrogen (secondary N) is 1. The molecule has 7 nitrogen and oxygen atoms in total. The molecule has 1 amide bonds. The molecule has 1 aliphatic heterocycles. The number of aryl methyl sites for hydroxylation is 1. The predicted molar refractivity (Wildman–Crippen MR) is 73.5 cm³/mol. The van der Waals surface area contributed by atoms with Gasteiger partial charge in [-0.25, -0.2) is 5.10 Å². The van der Waals surface area contributed by atoms with Crippen molar-refractivity contribution in [3.63, 3.8) is 0 Å². The highest BCUT2D eigenvalue weighted by Gasteiger charge is 2.27. The summed E-state index contributed by atoms with van der Waals surface area (Å²) in [5.41, 5.74) is -0.104. The lowest BCUT2D eigenvalue weighted by Crippen LogP contribution is -2.34. The molecule has 20 heavy (non-hydrogen) atoms. The molecule has 0 bridgehead atoms. The summed E-state index contributed by atoms with van der Waals surface area (Å²) in [5.74, 6) is -0.280. The van der Waals surface area contributed by atoms with Gasteiger partial charge in [0.25, 0.3) is 0 Å². The lowest BCUT2D eigenvalue weighted by Gasteiger charge is -2.20. The smallest absolute Gasteiger partial charge is 0.306 e. The number of likely N-dealkylation sites (tertiary alicyclic amines) is 1. The van der Waals surface area contributed by atoms with Gasteiger partial charge >= 0.3 is 5.56 Å². The van der Waals surface area contributed by atoms with Gasteiger partial charge in [0, 0.05) is 38.0 Å². The molecule has 2 N–H and O–H groups in total. The van der Waals surface area contributed by atoms with E-state index in [4.69, 9.17) is 0 Å². The first-order valence-corrected chi connectivity index (χ1v) is 6.69. The van der Waals surface area contributed by atoms with Gasteiger partial charge in [-0.15, -0.1) is 0 Å². The van der Waals surface area contributed by atoms with Crippen LogP contribution in [0.25, 0.3) is 0 Å². The van der Waals surface area contributed by atoms with Crippen LogP contribution >= 0.6 is 0 Å². The SMILES string of the molecule is CN(C)C1CCN(C(=O)CCc2cc(O)c(=O)[nH]n2)C1. The molecule has 0 aromatic carbocycles. The van der Waals surface area contributed by atoms with Crippen LogP contribution in [-0.2, 0) is 11.2 Å². The van der Waals surface area contributed by atoms with Crippen molar-refractivity contribution >= 4 is 5.91 Å². The molecule has 7 heteroatoms. The average molecular weight is 280 g/mol. The van der Waals surface area contributed by atoms with Gasteiger partial charge < -0.3 is 14.9 Å². The van der Waals surface area contributed by atoms with E-state index in [9.17, 15) is 14.7 Å². The maximum absolute atomic E-state index is 12.1. The van der Waals surface area contributed by atoms with Gasteiger partial charge in [0.2, 0.25) is 5.91 Å². The standard InChI is InChI=1S/C13H20N4O3/c1-16(2)10-5-6-17(8-10)12(19)4-3-9-7-11(18)13(20)15-14-9/h7,10H,3-6,8H2,1-2H3,(H,14,18)(H,15,20). The topological polar surface area (TPSA) is 89.5 Å². The molecule has 1 unspecified atom stereocenters. The lowest BCUT2D eigenvalue weighted by atomic mass is 10.2. The third-order valence-electron chi connectivity index (χ3n) is 3.68. The van der Waals surface area contributed by atoms with Gasteiger partial charge in [0.15, 0.2) is 5.75 Å². The minimum Gasteiger partial charge on any atom is -0.503 e. The molecular formula is C13H20N4O3. The molecule has 0 spiro atoms. The molecule has 0 saturated carbocycles. The van der Waals surface area contributed by atoms with E-state index >= 15 is 0 Å². The van der Waals surface area contributed by atoms with Crippen LogP contribution < -0.4 is 5.56 Å². The summed E-state index contributed by atoms with van der Waals surface area (Å²) in [6.45, 7) is 1.54. The molecular weight excluding hydrogens is 260 g/mol. The van der Waals surface area contributed by atoms with Crippen molar-refractivity contribution in [3.05, 3.63) is 22.1 Å². The number of hydrogen-bond acceptors (Lipinski definition) is 5. The van der Waals surface area contributed by atoms with Gasteiger partial charge in [0.1, 0.15) is 0 Å². The van der Waals surface area contributed by atoms with Gasteiger partial charge in [-0.2, -0.15) is 5.10 Å². The van der Waals surface area contributed by atoms with Crippen molar-refractivity contribution < 1.29 is 9.90 Å². The fourth-order valence-electron chi connectivity index (χ4n) is 2.35. The van der Waals surface area contributed by atoms with E-state index in [0.717, 1.165) is 19.5 Å². The Morgan fingerprint density at radius 1 is 1.60 bits per heavy atom. The first-order chi connectivity index (χ1) is 9.47. The van der Waals surface area contributed by atoms with Crippen molar-refractivity contribution in [2.24, 2.45) is 0 Å². The van der Waals surface area contributed by atoms with E-state index in [-0.39, 0.29) is 11.7 Å². The second-order valence-corrected chi connectivity index (χ2v) is 5.32. The normalized spacial score (nSPS) is 18.8. The second-order valence-electron chi connectivity index (χ2n) is 5.32. The molecule has 1 aliphatic rings. The molecule has 1 aromatic heterocycles. The number of carbonyl (C=O) groups excluding carboxylic acids is 1. The molecule has 2 heterocycles. The molecule has 1 saturated heterocycles. The zero-order valence-electron chi connectivity index (χ0n) is 11.8. The maximum Gasteiger partial charge on any atom is 0.306 e. The predicted octanol–water partition coefficient (Wildman–Crippen LogP) is -0.429. The Morgan fingerprint density at radius 2 is 2.35 bits per heavy atom. The maximum atomic E-state index is 12.1.